The topological polar surface area (TPSA) is 78.9 Å². The van der Waals surface area contributed by atoms with Crippen LogP contribution in [0.3, 0.4) is 0 Å². The van der Waals surface area contributed by atoms with Crippen LogP contribution >= 0.6 is 0 Å². The van der Waals surface area contributed by atoms with E-state index in [4.69, 9.17) is 4.74 Å². The number of nitrogens with zero attached hydrogens (tertiary/aromatic N) is 1. The molecular formula is C21H22N2O4. The Hall–Kier alpha value is -2.86. The third-order valence-electron chi connectivity index (χ3n) is 5.73. The second-order valence-corrected chi connectivity index (χ2v) is 7.24. The van der Waals surface area contributed by atoms with Crippen LogP contribution < -0.4 is 15.1 Å². The second kappa shape index (κ2) is 6.70. The first-order valence-corrected chi connectivity index (χ1v) is 9.10. The van der Waals surface area contributed by atoms with Gasteiger partial charge in [-0.05, 0) is 61.1 Å². The number of para-hydroxylation sites is 2. The van der Waals surface area contributed by atoms with Gasteiger partial charge in [-0.3, -0.25) is 14.8 Å². The van der Waals surface area contributed by atoms with Crippen molar-refractivity contribution in [2.75, 3.05) is 18.7 Å². The molecule has 0 saturated carbocycles. The van der Waals surface area contributed by atoms with E-state index in [2.05, 4.69) is 5.32 Å². The second-order valence-electron chi connectivity index (χ2n) is 7.24. The molecule has 1 fully saturated rings. The number of hydroxylamine groups is 1. The van der Waals surface area contributed by atoms with Crippen molar-refractivity contribution in [2.24, 2.45) is 5.41 Å². The molecule has 2 aliphatic rings. The molecule has 1 saturated heterocycles. The lowest BCUT2D eigenvalue weighted by atomic mass is 9.70. The van der Waals surface area contributed by atoms with Crippen LogP contribution in [0.2, 0.25) is 0 Å². The van der Waals surface area contributed by atoms with E-state index in [0.29, 0.717) is 29.3 Å². The van der Waals surface area contributed by atoms with Crippen LogP contribution in [0.4, 0.5) is 5.69 Å². The lowest BCUT2D eigenvalue weighted by molar-refractivity contribution is -0.128. The molecule has 2 aromatic rings. The van der Waals surface area contributed by atoms with Gasteiger partial charge in [-0.15, -0.1) is 0 Å². The van der Waals surface area contributed by atoms with Crippen molar-refractivity contribution in [1.82, 2.24) is 5.32 Å². The fourth-order valence-electron chi connectivity index (χ4n) is 4.15. The van der Waals surface area contributed by atoms with Crippen LogP contribution in [0, 0.1) is 5.41 Å². The monoisotopic (exact) mass is 366 g/mol. The molecule has 140 valence electrons. The molecule has 0 bridgehead atoms. The first-order chi connectivity index (χ1) is 13.0. The van der Waals surface area contributed by atoms with E-state index < -0.39 is 5.91 Å². The van der Waals surface area contributed by atoms with Gasteiger partial charge in [0.1, 0.15) is 11.4 Å². The van der Waals surface area contributed by atoms with Crippen LogP contribution in [0.1, 0.15) is 34.3 Å². The third kappa shape index (κ3) is 2.96. The maximum absolute atomic E-state index is 12.8. The number of methoxy groups -OCH3 is 1. The predicted molar refractivity (Wildman–Crippen MR) is 100 cm³/mol. The lowest BCUT2D eigenvalue weighted by Crippen LogP contribution is -2.36. The Morgan fingerprint density at radius 1 is 1.19 bits per heavy atom. The van der Waals surface area contributed by atoms with Crippen LogP contribution in [0.5, 0.6) is 5.75 Å². The smallest absolute Gasteiger partial charge is 0.282 e. The first-order valence-electron chi connectivity index (χ1n) is 9.10. The van der Waals surface area contributed by atoms with Crippen LogP contribution in [-0.4, -0.2) is 30.7 Å². The van der Waals surface area contributed by atoms with Gasteiger partial charge in [0.15, 0.2) is 0 Å². The number of nitrogens with one attached hydrogen (secondary N) is 1. The summed E-state index contributed by atoms with van der Waals surface area (Å²) in [7, 11) is 1.49. The zero-order chi connectivity index (χ0) is 19.0. The Balaban J connectivity index is 1.63. The van der Waals surface area contributed by atoms with E-state index in [-0.39, 0.29) is 17.0 Å². The average molecular weight is 366 g/mol. The van der Waals surface area contributed by atoms with Gasteiger partial charge in [0.05, 0.1) is 12.5 Å². The van der Waals surface area contributed by atoms with Crippen LogP contribution in [0.15, 0.2) is 42.5 Å². The molecule has 1 heterocycles. The number of hydrogen-bond donors (Lipinski definition) is 2. The van der Waals surface area contributed by atoms with Gasteiger partial charge in [0, 0.05) is 12.1 Å². The standard InChI is InChI=1S/C21H22N2O4/c1-27-18-5-3-2-4-17(18)23(26)19(24)15-7-6-14-8-9-21(13-16(14)12-15)10-11-22-20(21)25/h2-7,12,26H,8-11,13H2,1H3,(H,22,25)/t21-/m1/s1. The minimum absolute atomic E-state index is 0.114. The molecule has 6 heteroatoms. The molecule has 2 aromatic carbocycles. The van der Waals surface area contributed by atoms with Crippen molar-refractivity contribution in [3.05, 3.63) is 59.2 Å². The van der Waals surface area contributed by atoms with Crippen molar-refractivity contribution in [3.63, 3.8) is 0 Å². The van der Waals surface area contributed by atoms with E-state index in [1.807, 2.05) is 12.1 Å². The van der Waals surface area contributed by atoms with E-state index >= 15 is 0 Å². The number of aryl methyl sites for hydroxylation is 1. The average Bonchev–Trinajstić information content (AvgIpc) is 3.05. The van der Waals surface area contributed by atoms with Gasteiger partial charge in [0.25, 0.3) is 5.91 Å². The number of benzene rings is 2. The molecule has 6 nitrogen and oxygen atoms in total. The highest BCUT2D eigenvalue weighted by molar-refractivity contribution is 6.05. The molecule has 0 unspecified atom stereocenters. The zero-order valence-corrected chi connectivity index (χ0v) is 15.2. The van der Waals surface area contributed by atoms with E-state index in [1.165, 1.54) is 12.7 Å². The quantitative estimate of drug-likeness (QED) is 0.647. The minimum Gasteiger partial charge on any atom is -0.494 e. The van der Waals surface area contributed by atoms with Crippen molar-refractivity contribution >= 4 is 17.5 Å². The van der Waals surface area contributed by atoms with Crippen molar-refractivity contribution < 1.29 is 19.5 Å². The van der Waals surface area contributed by atoms with Gasteiger partial charge < -0.3 is 10.1 Å². The van der Waals surface area contributed by atoms with Gasteiger partial charge >= 0.3 is 0 Å². The molecule has 1 atom stereocenters. The highest BCUT2D eigenvalue weighted by Gasteiger charge is 2.44. The third-order valence-corrected chi connectivity index (χ3v) is 5.73. The summed E-state index contributed by atoms with van der Waals surface area (Å²) >= 11 is 0. The number of hydrogen-bond acceptors (Lipinski definition) is 4. The Kier molecular flexibility index (Phi) is 4.36. The maximum atomic E-state index is 12.8. The first kappa shape index (κ1) is 17.5. The van der Waals surface area contributed by atoms with Gasteiger partial charge in [0.2, 0.25) is 5.91 Å². The summed E-state index contributed by atoms with van der Waals surface area (Å²) in [5.41, 5.74) is 2.50. The molecule has 1 aliphatic heterocycles. The fraction of sp³-hybridized carbons (Fsp3) is 0.333. The molecule has 1 aliphatic carbocycles. The maximum Gasteiger partial charge on any atom is 0.282 e. The Morgan fingerprint density at radius 3 is 2.74 bits per heavy atom. The summed E-state index contributed by atoms with van der Waals surface area (Å²) in [6, 6.07) is 12.3. The van der Waals surface area contributed by atoms with Crippen LogP contribution in [-0.2, 0) is 17.6 Å². The molecular weight excluding hydrogens is 344 g/mol. The van der Waals surface area contributed by atoms with Gasteiger partial charge in [-0.2, -0.15) is 5.06 Å². The Bertz CT molecular complexity index is 911. The van der Waals surface area contributed by atoms with E-state index in [1.54, 1.807) is 30.3 Å². The highest BCUT2D eigenvalue weighted by Crippen LogP contribution is 2.41. The lowest BCUT2D eigenvalue weighted by Gasteiger charge is -2.32. The molecule has 2 amide bonds. The number of amides is 2. The largest absolute Gasteiger partial charge is 0.494 e. The SMILES string of the molecule is COc1ccccc1N(O)C(=O)c1ccc2c(c1)C[C@]1(CCNC1=O)CC2. The van der Waals surface area contributed by atoms with Crippen LogP contribution in [0.25, 0.3) is 0 Å². The molecule has 27 heavy (non-hydrogen) atoms. The van der Waals surface area contributed by atoms with E-state index in [9.17, 15) is 14.8 Å². The molecule has 0 aromatic heterocycles. The van der Waals surface area contributed by atoms with Gasteiger partial charge in [-0.1, -0.05) is 18.2 Å². The zero-order valence-electron chi connectivity index (χ0n) is 15.2. The number of anilines is 1. The fourth-order valence-corrected chi connectivity index (χ4v) is 4.15. The number of fused-ring (bicyclic) bond motifs is 1. The number of carbonyl (C=O) groups excluding carboxylic acids is 2. The van der Waals surface area contributed by atoms with Gasteiger partial charge in [-0.25, -0.2) is 0 Å². The molecule has 2 N–H and O–H groups in total. The molecule has 0 radical (unpaired) electrons. The van der Waals surface area contributed by atoms with Crippen molar-refractivity contribution in [2.45, 2.75) is 25.7 Å². The summed E-state index contributed by atoms with van der Waals surface area (Å²) < 4.78 is 5.22. The summed E-state index contributed by atoms with van der Waals surface area (Å²) in [6.45, 7) is 0.713. The minimum atomic E-state index is -0.530. The number of carbonyl (C=O) groups is 2. The highest BCUT2D eigenvalue weighted by atomic mass is 16.5. The Labute approximate surface area is 157 Å². The normalized spacial score (nSPS) is 20.9. The summed E-state index contributed by atoms with van der Waals surface area (Å²) in [5, 5.41) is 14.0. The number of rotatable bonds is 3. The summed E-state index contributed by atoms with van der Waals surface area (Å²) in [6.07, 6.45) is 3.13. The summed E-state index contributed by atoms with van der Waals surface area (Å²) in [5.74, 6) is -0.00614. The van der Waals surface area contributed by atoms with E-state index in [0.717, 1.165) is 24.8 Å². The Morgan fingerprint density at radius 2 is 2.00 bits per heavy atom. The van der Waals surface area contributed by atoms with Crippen molar-refractivity contribution in [3.8, 4) is 5.75 Å². The molecule has 1 spiro atoms. The predicted octanol–water partition coefficient (Wildman–Crippen LogP) is 2.73. The number of ether oxygens (including phenoxy) is 1. The molecule has 4 rings (SSSR count). The summed E-state index contributed by atoms with van der Waals surface area (Å²) in [4.78, 5) is 25.1. The van der Waals surface area contributed by atoms with Crippen molar-refractivity contribution in [1.29, 1.82) is 0 Å².